The molecule has 0 aliphatic heterocycles. The average molecular weight is 267 g/mol. The summed E-state index contributed by atoms with van der Waals surface area (Å²) in [5.74, 6) is -0.172. The van der Waals surface area contributed by atoms with Gasteiger partial charge in [-0.3, -0.25) is 4.79 Å². The lowest BCUT2D eigenvalue weighted by Crippen LogP contribution is -2.05. The molecule has 19 heavy (non-hydrogen) atoms. The van der Waals surface area contributed by atoms with Crippen LogP contribution in [-0.2, 0) is 11.2 Å². The molecule has 106 valence electrons. The van der Waals surface area contributed by atoms with E-state index in [1.54, 1.807) is 18.2 Å². The van der Waals surface area contributed by atoms with Crippen LogP contribution in [0.1, 0.15) is 37.7 Å². The fraction of sp³-hybridized carbons (Fsp3) is 0.533. The molecule has 0 amide bonds. The quantitative estimate of drug-likeness (QED) is 0.700. The maximum absolute atomic E-state index is 13.8. The number of halogens is 1. The van der Waals surface area contributed by atoms with E-state index in [0.717, 1.165) is 25.7 Å². The van der Waals surface area contributed by atoms with Crippen LogP contribution in [0.4, 0.5) is 4.39 Å². The van der Waals surface area contributed by atoms with Gasteiger partial charge in [0.25, 0.3) is 0 Å². The highest BCUT2D eigenvalue weighted by Crippen LogP contribution is 2.21. The van der Waals surface area contributed by atoms with Crippen LogP contribution in [0.25, 0.3) is 0 Å². The van der Waals surface area contributed by atoms with Crippen molar-refractivity contribution in [3.63, 3.8) is 0 Å². The van der Waals surface area contributed by atoms with Crippen molar-refractivity contribution in [1.29, 1.82) is 0 Å². The molecule has 0 bridgehead atoms. The van der Waals surface area contributed by atoms with Gasteiger partial charge in [-0.15, -0.1) is 0 Å². The third-order valence-corrected chi connectivity index (χ3v) is 3.06. The third-order valence-electron chi connectivity index (χ3n) is 3.06. The summed E-state index contributed by atoms with van der Waals surface area (Å²) in [6.45, 7) is 0.697. The number of carbonyl (C=O) groups excluding carboxylic acids is 1. The first-order valence-electron chi connectivity index (χ1n) is 6.72. The molecule has 0 spiro atoms. The molecule has 0 atom stereocenters. The second-order valence-electron chi connectivity index (χ2n) is 4.60. The zero-order valence-electron chi connectivity index (χ0n) is 11.5. The number of unbranched alkanes of at least 4 members (excludes halogenated alkanes) is 3. The largest absolute Gasteiger partial charge is 0.494 e. The molecule has 0 aliphatic rings. The average Bonchev–Trinajstić information content (AvgIpc) is 2.41. The Hall–Kier alpha value is -1.42. The zero-order valence-corrected chi connectivity index (χ0v) is 11.5. The van der Waals surface area contributed by atoms with Crippen molar-refractivity contribution in [3.05, 3.63) is 29.6 Å². The number of Topliss-reactive ketones (excluding diaryl/α,β-unsaturated/α-hetero) is 1. The van der Waals surface area contributed by atoms with Crippen molar-refractivity contribution >= 4 is 5.78 Å². The van der Waals surface area contributed by atoms with Crippen LogP contribution in [0.5, 0.6) is 5.75 Å². The predicted octanol–water partition coefficient (Wildman–Crippen LogP) is 2.86. The van der Waals surface area contributed by atoms with Gasteiger partial charge in [-0.2, -0.15) is 0 Å². The monoisotopic (exact) mass is 267 g/mol. The highest BCUT2D eigenvalue weighted by atomic mass is 19.1. The standard InChI is InChI=1S/C15H22FNO2/c1-19-14-9-6-7-12(15(14)16)11-13(18)8-4-2-3-5-10-17/h6-7,9H,2-5,8,10-11,17H2,1H3. The lowest BCUT2D eigenvalue weighted by molar-refractivity contribution is -0.118. The Morgan fingerprint density at radius 2 is 2.00 bits per heavy atom. The smallest absolute Gasteiger partial charge is 0.168 e. The minimum atomic E-state index is -0.429. The van der Waals surface area contributed by atoms with Crippen molar-refractivity contribution in [2.45, 2.75) is 38.5 Å². The molecule has 1 aromatic rings. The Morgan fingerprint density at radius 1 is 1.26 bits per heavy atom. The van der Waals surface area contributed by atoms with E-state index in [4.69, 9.17) is 10.5 Å². The van der Waals surface area contributed by atoms with Gasteiger partial charge in [0.15, 0.2) is 11.6 Å². The number of ether oxygens (including phenoxy) is 1. The highest BCUT2D eigenvalue weighted by Gasteiger charge is 2.11. The Bertz CT molecular complexity index is 407. The molecule has 3 nitrogen and oxygen atoms in total. The second kappa shape index (κ2) is 8.64. The fourth-order valence-corrected chi connectivity index (χ4v) is 1.97. The number of nitrogens with two attached hydrogens (primary N) is 1. The SMILES string of the molecule is COc1cccc(CC(=O)CCCCCCN)c1F. The van der Waals surface area contributed by atoms with Crippen LogP contribution < -0.4 is 10.5 Å². The fourth-order valence-electron chi connectivity index (χ4n) is 1.97. The lowest BCUT2D eigenvalue weighted by atomic mass is 10.0. The second-order valence-corrected chi connectivity index (χ2v) is 4.60. The zero-order chi connectivity index (χ0) is 14.1. The molecule has 2 N–H and O–H groups in total. The first-order chi connectivity index (χ1) is 9.19. The number of hydrogen-bond acceptors (Lipinski definition) is 3. The van der Waals surface area contributed by atoms with E-state index in [1.807, 2.05) is 0 Å². The number of hydrogen-bond donors (Lipinski definition) is 1. The Balaban J connectivity index is 2.40. The van der Waals surface area contributed by atoms with E-state index in [0.29, 0.717) is 18.5 Å². The van der Waals surface area contributed by atoms with Gasteiger partial charge in [0.1, 0.15) is 5.78 Å². The van der Waals surface area contributed by atoms with Gasteiger partial charge in [0, 0.05) is 12.8 Å². The molecule has 0 unspecified atom stereocenters. The van der Waals surface area contributed by atoms with Gasteiger partial charge >= 0.3 is 0 Å². The summed E-state index contributed by atoms with van der Waals surface area (Å²) in [6.07, 6.45) is 4.55. The number of carbonyl (C=O) groups is 1. The summed E-state index contributed by atoms with van der Waals surface area (Å²) < 4.78 is 18.7. The molecule has 0 fully saturated rings. The predicted molar refractivity (Wildman–Crippen MR) is 73.8 cm³/mol. The topological polar surface area (TPSA) is 52.3 Å². The van der Waals surface area contributed by atoms with Crippen LogP contribution in [0, 0.1) is 5.82 Å². The molecule has 0 saturated carbocycles. The Morgan fingerprint density at radius 3 is 2.68 bits per heavy atom. The van der Waals surface area contributed by atoms with Crippen molar-refractivity contribution < 1.29 is 13.9 Å². The van der Waals surface area contributed by atoms with Crippen molar-refractivity contribution in [2.75, 3.05) is 13.7 Å². The van der Waals surface area contributed by atoms with Crippen LogP contribution in [0.3, 0.4) is 0 Å². The van der Waals surface area contributed by atoms with E-state index in [2.05, 4.69) is 0 Å². The lowest BCUT2D eigenvalue weighted by Gasteiger charge is -2.06. The van der Waals surface area contributed by atoms with E-state index < -0.39 is 5.82 Å². The van der Waals surface area contributed by atoms with E-state index in [9.17, 15) is 9.18 Å². The maximum Gasteiger partial charge on any atom is 0.168 e. The summed E-state index contributed by atoms with van der Waals surface area (Å²) in [5.41, 5.74) is 5.80. The van der Waals surface area contributed by atoms with E-state index in [-0.39, 0.29) is 18.0 Å². The summed E-state index contributed by atoms with van der Waals surface area (Å²) in [4.78, 5) is 11.8. The van der Waals surface area contributed by atoms with Crippen molar-refractivity contribution in [3.8, 4) is 5.75 Å². The molecule has 0 saturated heterocycles. The highest BCUT2D eigenvalue weighted by molar-refractivity contribution is 5.81. The van der Waals surface area contributed by atoms with Gasteiger partial charge in [0.2, 0.25) is 0 Å². The molecular weight excluding hydrogens is 245 g/mol. The Kier molecular flexibility index (Phi) is 7.11. The summed E-state index contributed by atoms with van der Waals surface area (Å²) >= 11 is 0. The minimum absolute atomic E-state index is 0.0694. The molecule has 0 aromatic heterocycles. The van der Waals surface area contributed by atoms with Crippen molar-refractivity contribution in [1.82, 2.24) is 0 Å². The number of rotatable bonds is 9. The third kappa shape index (κ3) is 5.39. The number of benzene rings is 1. The first kappa shape index (κ1) is 15.6. The summed E-state index contributed by atoms with van der Waals surface area (Å²) in [5, 5.41) is 0. The summed E-state index contributed by atoms with van der Waals surface area (Å²) in [6, 6.07) is 4.88. The normalized spacial score (nSPS) is 10.5. The van der Waals surface area contributed by atoms with Gasteiger partial charge < -0.3 is 10.5 Å². The van der Waals surface area contributed by atoms with Crippen LogP contribution in [0.15, 0.2) is 18.2 Å². The maximum atomic E-state index is 13.8. The van der Waals surface area contributed by atoms with E-state index in [1.165, 1.54) is 7.11 Å². The molecule has 4 heteroatoms. The first-order valence-corrected chi connectivity index (χ1v) is 6.72. The van der Waals surface area contributed by atoms with Gasteiger partial charge in [0.05, 0.1) is 7.11 Å². The molecule has 0 heterocycles. The number of ketones is 1. The van der Waals surface area contributed by atoms with Gasteiger partial charge in [-0.1, -0.05) is 25.0 Å². The number of methoxy groups -OCH3 is 1. The van der Waals surface area contributed by atoms with Gasteiger partial charge in [-0.05, 0) is 31.0 Å². The minimum Gasteiger partial charge on any atom is -0.494 e. The molecular formula is C15H22FNO2. The molecule has 0 aliphatic carbocycles. The molecule has 1 rings (SSSR count). The van der Waals surface area contributed by atoms with Crippen LogP contribution in [-0.4, -0.2) is 19.4 Å². The summed E-state index contributed by atoms with van der Waals surface area (Å²) in [7, 11) is 1.42. The van der Waals surface area contributed by atoms with E-state index >= 15 is 0 Å². The van der Waals surface area contributed by atoms with Crippen molar-refractivity contribution in [2.24, 2.45) is 5.73 Å². The van der Waals surface area contributed by atoms with Crippen LogP contribution in [0.2, 0.25) is 0 Å². The Labute approximate surface area is 113 Å². The van der Waals surface area contributed by atoms with Crippen LogP contribution >= 0.6 is 0 Å². The molecule has 0 radical (unpaired) electrons. The molecule has 1 aromatic carbocycles. The van der Waals surface area contributed by atoms with Gasteiger partial charge in [-0.25, -0.2) is 4.39 Å².